The molecule has 2 spiro atoms. The summed E-state index contributed by atoms with van der Waals surface area (Å²) in [5.74, 6) is -0.169. The molecule has 12 nitrogen and oxygen atoms in total. The lowest BCUT2D eigenvalue weighted by Crippen LogP contribution is -2.36. The van der Waals surface area contributed by atoms with Crippen LogP contribution in [0.1, 0.15) is 37.1 Å². The minimum atomic E-state index is -0.253. The van der Waals surface area contributed by atoms with Gasteiger partial charge in [0, 0.05) is 89.7 Å². The maximum atomic E-state index is 11.7. The average Bonchev–Trinajstić information content (AvgIpc) is 4.03. The SMILES string of the molecule is CNC(=O)CN1CCC2(CCn3nc(-c4cnc5ccccc5c4)cc32)C1.NC(=O)CN1CCC2(CCn3nc(-c4cnc5ccccc5c4)cc32)C1. The number of nitrogens with zero attached hydrogens (tertiary/aromatic N) is 8. The number of likely N-dealkylation sites (N-methyl/N-ethyl adjacent to an activating group) is 1. The summed E-state index contributed by atoms with van der Waals surface area (Å²) < 4.78 is 4.30. The molecule has 3 N–H and O–H groups in total. The maximum Gasteiger partial charge on any atom is 0.233 e. The molecule has 0 bridgehead atoms. The number of para-hydroxylation sites is 2. The molecule has 0 radical (unpaired) electrons. The predicted molar refractivity (Wildman–Crippen MR) is 204 cm³/mol. The molecule has 4 aromatic heterocycles. The van der Waals surface area contributed by atoms with Crippen LogP contribution < -0.4 is 11.1 Å². The molecule has 2 amide bonds. The van der Waals surface area contributed by atoms with E-state index < -0.39 is 0 Å². The quantitative estimate of drug-likeness (QED) is 0.264. The highest BCUT2D eigenvalue weighted by Gasteiger charge is 2.47. The van der Waals surface area contributed by atoms with Crippen LogP contribution in [0.3, 0.4) is 0 Å². The van der Waals surface area contributed by atoms with Crippen LogP contribution in [0.5, 0.6) is 0 Å². The van der Waals surface area contributed by atoms with Crippen molar-refractivity contribution in [1.29, 1.82) is 0 Å². The first-order valence-corrected chi connectivity index (χ1v) is 18.6. The van der Waals surface area contributed by atoms with E-state index in [-0.39, 0.29) is 22.6 Å². The first kappa shape index (κ1) is 33.4. The summed E-state index contributed by atoms with van der Waals surface area (Å²) in [7, 11) is 1.70. The molecular weight excluding hydrogens is 665 g/mol. The number of fused-ring (bicyclic) bond motifs is 6. The smallest absolute Gasteiger partial charge is 0.233 e. The Bertz CT molecular complexity index is 2370. The van der Waals surface area contributed by atoms with E-state index in [9.17, 15) is 9.59 Å². The summed E-state index contributed by atoms with van der Waals surface area (Å²) in [6.45, 7) is 6.40. The van der Waals surface area contributed by atoms with E-state index in [1.165, 1.54) is 11.4 Å². The second kappa shape index (κ2) is 13.2. The second-order valence-corrected chi connectivity index (χ2v) is 15.2. The van der Waals surface area contributed by atoms with Crippen molar-refractivity contribution < 1.29 is 9.59 Å². The van der Waals surface area contributed by atoms with Crippen molar-refractivity contribution in [1.82, 2.24) is 44.6 Å². The summed E-state index contributed by atoms with van der Waals surface area (Å²) in [5.41, 5.74) is 14.3. The standard InChI is InChI=1S/C21H23N5O.C20H21N5O/c1-22-20(27)13-25-8-6-21(14-25)7-9-26-19(21)11-18(24-26)16-10-15-4-2-3-5-17(15)23-12-16;21-19(26)12-24-7-5-20(13-24)6-8-25-18(20)10-17(23-25)15-9-14-3-1-2-4-16(14)22-11-15/h2-5,10-12H,6-9,13-14H2,1H3,(H,22,27);1-4,9-11H,5-8,12-13H2,(H2,21,26). The number of hydrogen-bond acceptors (Lipinski definition) is 8. The molecule has 2 saturated heterocycles. The topological polar surface area (TPSA) is 140 Å². The summed E-state index contributed by atoms with van der Waals surface area (Å²) in [4.78, 5) is 36.6. The number of nitrogens with two attached hydrogens (primary N) is 1. The summed E-state index contributed by atoms with van der Waals surface area (Å²) >= 11 is 0. The van der Waals surface area contributed by atoms with Gasteiger partial charge in [0.05, 0.1) is 35.5 Å². The molecule has 6 aromatic rings. The molecule has 0 saturated carbocycles. The van der Waals surface area contributed by atoms with E-state index in [0.717, 1.165) is 109 Å². The fourth-order valence-corrected chi connectivity index (χ4v) is 9.14. The van der Waals surface area contributed by atoms with Gasteiger partial charge in [-0.2, -0.15) is 10.2 Å². The number of likely N-dealkylation sites (tertiary alicyclic amines) is 2. The van der Waals surface area contributed by atoms with Gasteiger partial charge in [-0.1, -0.05) is 36.4 Å². The highest BCUT2D eigenvalue weighted by atomic mass is 16.2. The molecule has 2 unspecified atom stereocenters. The molecule has 12 heteroatoms. The molecule has 270 valence electrons. The van der Waals surface area contributed by atoms with Crippen LogP contribution in [0.4, 0.5) is 0 Å². The third-order valence-corrected chi connectivity index (χ3v) is 11.9. The number of benzene rings is 2. The molecule has 10 rings (SSSR count). The molecule has 2 fully saturated rings. The molecule has 0 aliphatic carbocycles. The number of amides is 2. The Kier molecular flexibility index (Phi) is 8.31. The van der Waals surface area contributed by atoms with Gasteiger partial charge in [0.1, 0.15) is 0 Å². The Morgan fingerprint density at radius 2 is 1.15 bits per heavy atom. The van der Waals surface area contributed by atoms with Gasteiger partial charge in [-0.25, -0.2) is 0 Å². The van der Waals surface area contributed by atoms with Gasteiger partial charge in [0.2, 0.25) is 11.8 Å². The van der Waals surface area contributed by atoms with Crippen molar-refractivity contribution in [2.24, 2.45) is 5.73 Å². The van der Waals surface area contributed by atoms with E-state index >= 15 is 0 Å². The van der Waals surface area contributed by atoms with E-state index in [0.29, 0.717) is 13.1 Å². The Labute approximate surface area is 308 Å². The van der Waals surface area contributed by atoms with Crippen LogP contribution in [0.25, 0.3) is 44.3 Å². The van der Waals surface area contributed by atoms with Crippen LogP contribution in [-0.2, 0) is 33.5 Å². The molecule has 2 atom stereocenters. The maximum absolute atomic E-state index is 11.7. The number of rotatable bonds is 6. The van der Waals surface area contributed by atoms with Crippen LogP contribution in [0, 0.1) is 0 Å². The zero-order chi connectivity index (χ0) is 36.2. The summed E-state index contributed by atoms with van der Waals surface area (Å²) in [5, 5.41) is 14.7. The number of carbonyl (C=O) groups excluding carboxylic acids is 2. The number of aryl methyl sites for hydroxylation is 2. The number of carbonyl (C=O) groups is 2. The van der Waals surface area contributed by atoms with Gasteiger partial charge in [-0.15, -0.1) is 0 Å². The van der Waals surface area contributed by atoms with Crippen molar-refractivity contribution in [3.05, 3.63) is 96.6 Å². The fraction of sp³-hybridized carbons (Fsp3) is 0.366. The van der Waals surface area contributed by atoms with Crippen molar-refractivity contribution in [3.63, 3.8) is 0 Å². The minimum absolute atomic E-state index is 0.0847. The van der Waals surface area contributed by atoms with Crippen molar-refractivity contribution in [3.8, 4) is 22.5 Å². The Balaban J connectivity index is 0.000000141. The normalized spacial score (nSPS) is 22.1. The van der Waals surface area contributed by atoms with Crippen LogP contribution in [-0.4, -0.2) is 97.5 Å². The molecule has 4 aliphatic heterocycles. The Hall–Kier alpha value is -5.46. The van der Waals surface area contributed by atoms with Gasteiger partial charge < -0.3 is 11.1 Å². The third-order valence-electron chi connectivity index (χ3n) is 11.9. The largest absolute Gasteiger partial charge is 0.369 e. The highest BCUT2D eigenvalue weighted by Crippen LogP contribution is 2.45. The van der Waals surface area contributed by atoms with E-state index in [4.69, 9.17) is 15.9 Å². The number of pyridine rings is 2. The molecule has 8 heterocycles. The number of hydrogen-bond donors (Lipinski definition) is 2. The first-order chi connectivity index (χ1) is 25.8. The number of nitrogens with one attached hydrogen (secondary N) is 1. The van der Waals surface area contributed by atoms with Crippen molar-refractivity contribution in [2.75, 3.05) is 46.3 Å². The lowest BCUT2D eigenvalue weighted by atomic mass is 9.82. The minimum Gasteiger partial charge on any atom is -0.369 e. The molecule has 4 aliphatic rings. The lowest BCUT2D eigenvalue weighted by molar-refractivity contribution is -0.121. The Morgan fingerprint density at radius 1 is 0.679 bits per heavy atom. The lowest BCUT2D eigenvalue weighted by Gasteiger charge is -2.23. The summed E-state index contributed by atoms with van der Waals surface area (Å²) in [6, 6.07) is 25.1. The van der Waals surface area contributed by atoms with Gasteiger partial charge >= 0.3 is 0 Å². The van der Waals surface area contributed by atoms with Gasteiger partial charge in [-0.05, 0) is 75.2 Å². The molecule has 2 aromatic carbocycles. The van der Waals surface area contributed by atoms with Gasteiger partial charge in [0.25, 0.3) is 0 Å². The van der Waals surface area contributed by atoms with Gasteiger partial charge in [-0.3, -0.25) is 38.7 Å². The average molecular weight is 709 g/mol. The molecule has 53 heavy (non-hydrogen) atoms. The van der Waals surface area contributed by atoms with Crippen LogP contribution in [0.15, 0.2) is 85.2 Å². The van der Waals surface area contributed by atoms with E-state index in [1.807, 2.05) is 48.8 Å². The fourth-order valence-electron chi connectivity index (χ4n) is 9.14. The number of primary amides is 1. The first-order valence-electron chi connectivity index (χ1n) is 18.6. The Morgan fingerprint density at radius 3 is 1.64 bits per heavy atom. The second-order valence-electron chi connectivity index (χ2n) is 15.2. The third kappa shape index (κ3) is 6.15. The van der Waals surface area contributed by atoms with Gasteiger partial charge in [0.15, 0.2) is 0 Å². The summed E-state index contributed by atoms with van der Waals surface area (Å²) in [6.07, 6.45) is 8.16. The van der Waals surface area contributed by atoms with Crippen molar-refractivity contribution >= 4 is 33.6 Å². The monoisotopic (exact) mass is 708 g/mol. The van der Waals surface area contributed by atoms with Crippen LogP contribution >= 0.6 is 0 Å². The van der Waals surface area contributed by atoms with Crippen molar-refractivity contribution in [2.45, 2.75) is 49.6 Å². The highest BCUT2D eigenvalue weighted by molar-refractivity contribution is 5.84. The molecular formula is C41H44N10O2. The zero-order valence-electron chi connectivity index (χ0n) is 30.0. The number of aromatic nitrogens is 6. The van der Waals surface area contributed by atoms with E-state index in [2.05, 4.69) is 70.8 Å². The zero-order valence-corrected chi connectivity index (χ0v) is 30.0. The van der Waals surface area contributed by atoms with Crippen LogP contribution in [0.2, 0.25) is 0 Å². The van der Waals surface area contributed by atoms with E-state index in [1.54, 1.807) is 7.05 Å². The predicted octanol–water partition coefficient (Wildman–Crippen LogP) is 4.12.